The number of halogens is 1. The number of nitrogens with two attached hydrogens (primary N) is 1. The van der Waals surface area contributed by atoms with Crippen molar-refractivity contribution in [2.24, 2.45) is 12.8 Å². The fourth-order valence-electron chi connectivity index (χ4n) is 1.06. The summed E-state index contributed by atoms with van der Waals surface area (Å²) >= 11 is 3.28. The molecule has 1 rings (SSSR count). The molecule has 0 aliphatic heterocycles. The van der Waals surface area contributed by atoms with Gasteiger partial charge in [-0.15, -0.1) is 5.10 Å². The van der Waals surface area contributed by atoms with Gasteiger partial charge in [0.15, 0.2) is 4.60 Å². The first kappa shape index (κ1) is 10.6. The van der Waals surface area contributed by atoms with E-state index in [0.29, 0.717) is 17.8 Å². The van der Waals surface area contributed by atoms with E-state index in [-0.39, 0.29) is 6.04 Å². The summed E-state index contributed by atoms with van der Waals surface area (Å²) < 4.78 is 7.54. The summed E-state index contributed by atoms with van der Waals surface area (Å²) in [6.07, 6.45) is 0. The molecule has 0 aliphatic rings. The van der Waals surface area contributed by atoms with Gasteiger partial charge in [0.1, 0.15) is 0 Å². The number of nitrogens with zero attached hydrogens (tertiary/aromatic N) is 3. The fourth-order valence-corrected chi connectivity index (χ4v) is 1.68. The van der Waals surface area contributed by atoms with E-state index in [1.165, 1.54) is 0 Å². The Morgan fingerprint density at radius 3 is 2.85 bits per heavy atom. The van der Waals surface area contributed by atoms with Crippen LogP contribution in [-0.2, 0) is 11.8 Å². The van der Waals surface area contributed by atoms with E-state index >= 15 is 0 Å². The second kappa shape index (κ2) is 4.69. The van der Waals surface area contributed by atoms with Crippen LogP contribution in [0.2, 0.25) is 0 Å². The van der Waals surface area contributed by atoms with Gasteiger partial charge in [-0.2, -0.15) is 0 Å². The Hall–Kier alpha value is -0.460. The van der Waals surface area contributed by atoms with Crippen LogP contribution in [0, 0.1) is 0 Å². The van der Waals surface area contributed by atoms with Crippen molar-refractivity contribution in [1.82, 2.24) is 15.0 Å². The Kier molecular flexibility index (Phi) is 3.83. The van der Waals surface area contributed by atoms with Crippen LogP contribution >= 0.6 is 15.9 Å². The van der Waals surface area contributed by atoms with Gasteiger partial charge in [0.05, 0.1) is 18.3 Å². The molecule has 5 nitrogen and oxygen atoms in total. The molecule has 0 bridgehead atoms. The Bertz CT molecular complexity index is 256. The van der Waals surface area contributed by atoms with Gasteiger partial charge >= 0.3 is 0 Å². The van der Waals surface area contributed by atoms with Crippen LogP contribution in [0.5, 0.6) is 0 Å². The minimum absolute atomic E-state index is 0.186. The lowest BCUT2D eigenvalue weighted by Crippen LogP contribution is -2.20. The van der Waals surface area contributed by atoms with Crippen LogP contribution in [-0.4, -0.2) is 28.2 Å². The molecular weight excluding hydrogens is 236 g/mol. The first-order valence-electron chi connectivity index (χ1n) is 4.05. The second-order valence-corrected chi connectivity index (χ2v) is 3.41. The summed E-state index contributed by atoms with van der Waals surface area (Å²) in [5.74, 6) is 0. The molecule has 0 saturated carbocycles. The second-order valence-electron chi connectivity index (χ2n) is 2.66. The molecule has 0 aromatic carbocycles. The summed E-state index contributed by atoms with van der Waals surface area (Å²) in [6, 6.07) is -0.186. The molecular formula is C7H13BrN4O. The summed E-state index contributed by atoms with van der Waals surface area (Å²) in [7, 11) is 1.80. The third kappa shape index (κ3) is 2.49. The van der Waals surface area contributed by atoms with Gasteiger partial charge in [-0.25, -0.2) is 4.68 Å². The fraction of sp³-hybridized carbons (Fsp3) is 0.714. The maximum atomic E-state index is 5.87. The number of aryl methyl sites for hydroxylation is 1. The van der Waals surface area contributed by atoms with E-state index in [1.807, 2.05) is 6.92 Å². The van der Waals surface area contributed by atoms with Crippen molar-refractivity contribution in [3.05, 3.63) is 10.3 Å². The van der Waals surface area contributed by atoms with Gasteiger partial charge < -0.3 is 10.5 Å². The van der Waals surface area contributed by atoms with Crippen molar-refractivity contribution >= 4 is 15.9 Å². The van der Waals surface area contributed by atoms with Crippen molar-refractivity contribution in [3.8, 4) is 0 Å². The highest BCUT2D eigenvalue weighted by Crippen LogP contribution is 2.18. The molecule has 1 atom stereocenters. The Labute approximate surface area is 85.4 Å². The zero-order valence-electron chi connectivity index (χ0n) is 7.70. The first-order valence-corrected chi connectivity index (χ1v) is 4.84. The predicted molar refractivity (Wildman–Crippen MR) is 52.1 cm³/mol. The van der Waals surface area contributed by atoms with Crippen LogP contribution in [0.3, 0.4) is 0 Å². The molecule has 0 spiro atoms. The van der Waals surface area contributed by atoms with Gasteiger partial charge in [-0.1, -0.05) is 5.21 Å². The summed E-state index contributed by atoms with van der Waals surface area (Å²) in [6.45, 7) is 3.08. The van der Waals surface area contributed by atoms with Crippen molar-refractivity contribution < 1.29 is 4.74 Å². The Morgan fingerprint density at radius 1 is 1.69 bits per heavy atom. The van der Waals surface area contributed by atoms with Crippen LogP contribution in [0.25, 0.3) is 0 Å². The molecule has 1 aromatic rings. The number of ether oxygens (including phenoxy) is 1. The minimum Gasteiger partial charge on any atom is -0.380 e. The monoisotopic (exact) mass is 248 g/mol. The SMILES string of the molecule is CCOCC(N)c1c(Br)nnn1C. The van der Waals surface area contributed by atoms with E-state index in [2.05, 4.69) is 26.2 Å². The molecule has 0 aliphatic carbocycles. The smallest absolute Gasteiger partial charge is 0.153 e. The molecule has 1 unspecified atom stereocenters. The van der Waals surface area contributed by atoms with Crippen molar-refractivity contribution in [2.75, 3.05) is 13.2 Å². The lowest BCUT2D eigenvalue weighted by molar-refractivity contribution is 0.131. The molecule has 74 valence electrons. The maximum absolute atomic E-state index is 5.87. The van der Waals surface area contributed by atoms with E-state index in [1.54, 1.807) is 11.7 Å². The summed E-state index contributed by atoms with van der Waals surface area (Å²) in [4.78, 5) is 0. The maximum Gasteiger partial charge on any atom is 0.153 e. The molecule has 0 saturated heterocycles. The molecule has 2 N–H and O–H groups in total. The Balaban J connectivity index is 2.69. The predicted octanol–water partition coefficient (Wildman–Crippen LogP) is 0.614. The van der Waals surface area contributed by atoms with Gasteiger partial charge in [0, 0.05) is 13.7 Å². The third-order valence-corrected chi connectivity index (χ3v) is 2.24. The lowest BCUT2D eigenvalue weighted by Gasteiger charge is -2.11. The highest BCUT2D eigenvalue weighted by molar-refractivity contribution is 9.10. The molecule has 1 aromatic heterocycles. The van der Waals surface area contributed by atoms with Crippen molar-refractivity contribution in [1.29, 1.82) is 0 Å². The average molecular weight is 249 g/mol. The number of hydrogen-bond acceptors (Lipinski definition) is 4. The highest BCUT2D eigenvalue weighted by Gasteiger charge is 2.15. The number of hydrogen-bond donors (Lipinski definition) is 1. The largest absolute Gasteiger partial charge is 0.380 e. The zero-order chi connectivity index (χ0) is 9.84. The minimum atomic E-state index is -0.186. The standard InChI is InChI=1S/C7H13BrN4O/c1-3-13-4-5(9)6-7(8)10-11-12(6)2/h5H,3-4,9H2,1-2H3. The molecule has 0 amide bonds. The molecule has 13 heavy (non-hydrogen) atoms. The lowest BCUT2D eigenvalue weighted by atomic mass is 10.2. The number of rotatable bonds is 4. The molecule has 0 radical (unpaired) electrons. The van der Waals surface area contributed by atoms with Crippen LogP contribution in [0.4, 0.5) is 0 Å². The molecule has 1 heterocycles. The van der Waals surface area contributed by atoms with Gasteiger partial charge in [0.25, 0.3) is 0 Å². The van der Waals surface area contributed by atoms with Gasteiger partial charge in [-0.3, -0.25) is 0 Å². The van der Waals surface area contributed by atoms with E-state index in [4.69, 9.17) is 10.5 Å². The van der Waals surface area contributed by atoms with Crippen molar-refractivity contribution in [3.63, 3.8) is 0 Å². The normalized spacial score (nSPS) is 13.2. The topological polar surface area (TPSA) is 66.0 Å². The summed E-state index contributed by atoms with van der Waals surface area (Å²) in [5.41, 5.74) is 6.73. The van der Waals surface area contributed by atoms with Gasteiger partial charge in [0.2, 0.25) is 0 Å². The molecule has 0 fully saturated rings. The van der Waals surface area contributed by atoms with E-state index < -0.39 is 0 Å². The third-order valence-electron chi connectivity index (χ3n) is 1.68. The average Bonchev–Trinajstić information content (AvgIpc) is 2.42. The summed E-state index contributed by atoms with van der Waals surface area (Å²) in [5, 5.41) is 7.67. The van der Waals surface area contributed by atoms with Crippen LogP contribution < -0.4 is 5.73 Å². The van der Waals surface area contributed by atoms with Crippen molar-refractivity contribution in [2.45, 2.75) is 13.0 Å². The van der Waals surface area contributed by atoms with E-state index in [0.717, 1.165) is 5.69 Å². The molecule has 6 heteroatoms. The van der Waals surface area contributed by atoms with Gasteiger partial charge in [-0.05, 0) is 22.9 Å². The highest BCUT2D eigenvalue weighted by atomic mass is 79.9. The zero-order valence-corrected chi connectivity index (χ0v) is 9.28. The quantitative estimate of drug-likeness (QED) is 0.849. The Morgan fingerprint density at radius 2 is 2.38 bits per heavy atom. The number of aromatic nitrogens is 3. The first-order chi connectivity index (χ1) is 6.16. The van der Waals surface area contributed by atoms with E-state index in [9.17, 15) is 0 Å². The van der Waals surface area contributed by atoms with Crippen LogP contribution in [0.15, 0.2) is 4.60 Å². The van der Waals surface area contributed by atoms with Crippen LogP contribution in [0.1, 0.15) is 18.7 Å².